The lowest BCUT2D eigenvalue weighted by molar-refractivity contribution is 0.129. The molecule has 0 heterocycles. The minimum absolute atomic E-state index is 0. The zero-order valence-electron chi connectivity index (χ0n) is 13.8. The van der Waals surface area contributed by atoms with Crippen molar-refractivity contribution < 1.29 is 4.74 Å². The summed E-state index contributed by atoms with van der Waals surface area (Å²) in [6.07, 6.45) is 5.26. The number of benzene rings is 1. The molecule has 0 amide bonds. The maximum atomic E-state index is 5.96. The van der Waals surface area contributed by atoms with Gasteiger partial charge in [0.25, 0.3) is 0 Å². The molecular formula is C17H26IN3O. The fraction of sp³-hybridized carbons (Fsp3) is 0.471. The molecule has 0 radical (unpaired) electrons. The highest BCUT2D eigenvalue weighted by atomic mass is 127. The van der Waals surface area contributed by atoms with Crippen LogP contribution in [0.15, 0.2) is 29.3 Å². The van der Waals surface area contributed by atoms with Crippen LogP contribution in [0.5, 0.6) is 5.75 Å². The Labute approximate surface area is 151 Å². The molecule has 0 unspecified atom stereocenters. The number of ether oxygens (including phenoxy) is 1. The van der Waals surface area contributed by atoms with Crippen LogP contribution in [0.3, 0.4) is 0 Å². The Morgan fingerprint density at radius 3 is 2.55 bits per heavy atom. The van der Waals surface area contributed by atoms with Crippen molar-refractivity contribution in [2.75, 3.05) is 13.1 Å². The summed E-state index contributed by atoms with van der Waals surface area (Å²) in [5.41, 5.74) is 0.816. The van der Waals surface area contributed by atoms with Crippen molar-refractivity contribution in [3.63, 3.8) is 0 Å². The molecule has 0 saturated heterocycles. The van der Waals surface area contributed by atoms with Crippen LogP contribution < -0.4 is 15.4 Å². The molecule has 0 spiro atoms. The average Bonchev–Trinajstić information content (AvgIpc) is 2.41. The SMILES string of the molecule is C#CCNC(=NCc1ccccc1OC(C)(C)C)NCC.I. The highest BCUT2D eigenvalue weighted by Gasteiger charge is 2.14. The van der Waals surface area contributed by atoms with Crippen LogP contribution in [0.25, 0.3) is 0 Å². The zero-order valence-corrected chi connectivity index (χ0v) is 16.1. The maximum absolute atomic E-state index is 5.96. The van der Waals surface area contributed by atoms with Crippen molar-refractivity contribution in [3.05, 3.63) is 29.8 Å². The summed E-state index contributed by atoms with van der Waals surface area (Å²) in [4.78, 5) is 4.53. The maximum Gasteiger partial charge on any atom is 0.192 e. The van der Waals surface area contributed by atoms with Crippen molar-refractivity contribution >= 4 is 29.9 Å². The first kappa shape index (κ1) is 20.6. The number of nitrogens with zero attached hydrogens (tertiary/aromatic N) is 1. The lowest BCUT2D eigenvalue weighted by atomic mass is 10.1. The number of halogens is 1. The Hall–Kier alpha value is -1.42. The van der Waals surface area contributed by atoms with Gasteiger partial charge in [-0.15, -0.1) is 30.4 Å². The Morgan fingerprint density at radius 1 is 1.27 bits per heavy atom. The molecular weight excluding hydrogens is 389 g/mol. The molecule has 0 bridgehead atoms. The smallest absolute Gasteiger partial charge is 0.192 e. The number of para-hydroxylation sites is 1. The van der Waals surface area contributed by atoms with E-state index in [1.807, 2.05) is 52.0 Å². The number of rotatable bonds is 5. The second kappa shape index (κ2) is 10.3. The van der Waals surface area contributed by atoms with Crippen LogP contribution >= 0.6 is 24.0 Å². The van der Waals surface area contributed by atoms with Gasteiger partial charge in [-0.2, -0.15) is 0 Å². The van der Waals surface area contributed by atoms with Crippen LogP contribution in [-0.4, -0.2) is 24.7 Å². The quantitative estimate of drug-likeness (QED) is 0.336. The van der Waals surface area contributed by atoms with Gasteiger partial charge in [0.1, 0.15) is 11.4 Å². The first-order chi connectivity index (χ1) is 9.96. The molecule has 0 aliphatic carbocycles. The number of hydrogen-bond acceptors (Lipinski definition) is 2. The predicted molar refractivity (Wildman–Crippen MR) is 104 cm³/mol. The molecule has 2 N–H and O–H groups in total. The summed E-state index contributed by atoms with van der Waals surface area (Å²) in [6, 6.07) is 7.95. The van der Waals surface area contributed by atoms with Gasteiger partial charge < -0.3 is 15.4 Å². The first-order valence-corrected chi connectivity index (χ1v) is 7.19. The summed E-state index contributed by atoms with van der Waals surface area (Å²) in [6.45, 7) is 9.89. The summed E-state index contributed by atoms with van der Waals surface area (Å²) in [7, 11) is 0. The van der Waals surface area contributed by atoms with Crippen LogP contribution in [0.1, 0.15) is 33.3 Å². The van der Waals surface area contributed by atoms with Crippen LogP contribution in [0, 0.1) is 12.3 Å². The van der Waals surface area contributed by atoms with Gasteiger partial charge in [0.2, 0.25) is 0 Å². The molecule has 0 aromatic heterocycles. The number of nitrogens with one attached hydrogen (secondary N) is 2. The van der Waals surface area contributed by atoms with Crippen molar-refractivity contribution in [2.24, 2.45) is 4.99 Å². The minimum Gasteiger partial charge on any atom is -0.488 e. The largest absolute Gasteiger partial charge is 0.488 e. The van der Waals surface area contributed by atoms with Crippen LogP contribution in [0.4, 0.5) is 0 Å². The van der Waals surface area contributed by atoms with E-state index in [-0.39, 0.29) is 29.6 Å². The van der Waals surface area contributed by atoms with Gasteiger partial charge in [-0.3, -0.25) is 0 Å². The standard InChI is InChI=1S/C17H25N3O.HI/c1-6-12-19-16(18-7-2)20-13-14-10-8-9-11-15(14)21-17(3,4)5;/h1,8-11H,7,12-13H2,2-5H3,(H2,18,19,20);1H. The molecule has 0 saturated carbocycles. The Kier molecular flexibility index (Phi) is 9.66. The van der Waals surface area contributed by atoms with Crippen LogP contribution in [-0.2, 0) is 6.54 Å². The number of hydrogen-bond donors (Lipinski definition) is 2. The van der Waals surface area contributed by atoms with Crippen molar-refractivity contribution in [2.45, 2.75) is 39.8 Å². The van der Waals surface area contributed by atoms with E-state index in [1.165, 1.54) is 0 Å². The molecule has 0 atom stereocenters. The van der Waals surface area contributed by atoms with Crippen molar-refractivity contribution in [3.8, 4) is 18.1 Å². The Bertz CT molecular complexity index is 515. The summed E-state index contributed by atoms with van der Waals surface area (Å²) < 4.78 is 5.96. The second-order valence-corrected chi connectivity index (χ2v) is 5.57. The highest BCUT2D eigenvalue weighted by Crippen LogP contribution is 2.23. The third-order valence-electron chi connectivity index (χ3n) is 2.50. The van der Waals surface area contributed by atoms with E-state index < -0.39 is 0 Å². The first-order valence-electron chi connectivity index (χ1n) is 7.19. The molecule has 0 fully saturated rings. The van der Waals surface area contributed by atoms with Gasteiger partial charge in [0.05, 0.1) is 13.1 Å². The molecule has 1 aromatic carbocycles. The molecule has 0 aliphatic rings. The van der Waals surface area contributed by atoms with E-state index in [4.69, 9.17) is 11.2 Å². The Balaban J connectivity index is 0.00000441. The predicted octanol–water partition coefficient (Wildman–Crippen LogP) is 3.17. The molecule has 22 heavy (non-hydrogen) atoms. The third-order valence-corrected chi connectivity index (χ3v) is 2.50. The lowest BCUT2D eigenvalue weighted by Crippen LogP contribution is -2.37. The van der Waals surface area contributed by atoms with Crippen molar-refractivity contribution in [1.29, 1.82) is 0 Å². The van der Waals surface area contributed by atoms with Gasteiger partial charge in [-0.1, -0.05) is 24.1 Å². The fourth-order valence-corrected chi connectivity index (χ4v) is 1.70. The topological polar surface area (TPSA) is 45.7 Å². The molecule has 122 valence electrons. The highest BCUT2D eigenvalue weighted by molar-refractivity contribution is 14.0. The van der Waals surface area contributed by atoms with Crippen LogP contribution in [0.2, 0.25) is 0 Å². The van der Waals surface area contributed by atoms with Gasteiger partial charge >= 0.3 is 0 Å². The summed E-state index contributed by atoms with van der Waals surface area (Å²) >= 11 is 0. The monoisotopic (exact) mass is 415 g/mol. The molecule has 1 aromatic rings. The number of aliphatic imine (C=N–C) groups is 1. The average molecular weight is 415 g/mol. The summed E-state index contributed by atoms with van der Waals surface area (Å²) in [5, 5.41) is 6.23. The molecule has 5 heteroatoms. The number of guanidine groups is 1. The summed E-state index contributed by atoms with van der Waals surface area (Å²) in [5.74, 6) is 4.11. The number of terminal acetylenes is 1. The second-order valence-electron chi connectivity index (χ2n) is 5.57. The van der Waals surface area contributed by atoms with Gasteiger partial charge in [0.15, 0.2) is 5.96 Å². The van der Waals surface area contributed by atoms with E-state index in [9.17, 15) is 0 Å². The Morgan fingerprint density at radius 2 is 1.95 bits per heavy atom. The lowest BCUT2D eigenvalue weighted by Gasteiger charge is -2.23. The van der Waals surface area contributed by atoms with Gasteiger partial charge in [-0.05, 0) is 33.8 Å². The molecule has 1 rings (SSSR count). The van der Waals surface area contributed by atoms with E-state index in [1.54, 1.807) is 0 Å². The van der Waals surface area contributed by atoms with E-state index in [2.05, 4.69) is 21.5 Å². The fourth-order valence-electron chi connectivity index (χ4n) is 1.70. The zero-order chi connectivity index (χ0) is 15.7. The van der Waals surface area contributed by atoms with Gasteiger partial charge in [-0.25, -0.2) is 4.99 Å². The molecule has 4 nitrogen and oxygen atoms in total. The normalized spacial score (nSPS) is 11.1. The van der Waals surface area contributed by atoms with E-state index in [0.29, 0.717) is 19.0 Å². The van der Waals surface area contributed by atoms with E-state index in [0.717, 1.165) is 17.9 Å². The molecule has 0 aliphatic heterocycles. The van der Waals surface area contributed by atoms with Gasteiger partial charge in [0, 0.05) is 12.1 Å². The van der Waals surface area contributed by atoms with Crippen molar-refractivity contribution in [1.82, 2.24) is 10.6 Å². The third kappa shape index (κ3) is 8.13. The van der Waals surface area contributed by atoms with E-state index >= 15 is 0 Å². The minimum atomic E-state index is -0.230.